The number of aliphatic carboxylic acids is 1. The van der Waals surface area contributed by atoms with Crippen LogP contribution < -0.4 is 5.32 Å². The van der Waals surface area contributed by atoms with Crippen LogP contribution in [-0.4, -0.2) is 59.5 Å². The van der Waals surface area contributed by atoms with Crippen molar-refractivity contribution in [3.05, 3.63) is 59.7 Å². The van der Waals surface area contributed by atoms with Gasteiger partial charge in [-0.25, -0.2) is 9.59 Å². The zero-order valence-corrected chi connectivity index (χ0v) is 21.0. The molecule has 1 heterocycles. The van der Waals surface area contributed by atoms with Crippen molar-refractivity contribution in [2.75, 3.05) is 19.7 Å². The number of piperidine rings is 1. The fourth-order valence-corrected chi connectivity index (χ4v) is 5.15. The minimum atomic E-state index is -0.991. The Hall–Kier alpha value is -3.55. The summed E-state index contributed by atoms with van der Waals surface area (Å²) in [7, 11) is 0. The highest BCUT2D eigenvalue weighted by atomic mass is 16.6. The zero-order valence-electron chi connectivity index (χ0n) is 21.0. The van der Waals surface area contributed by atoms with Gasteiger partial charge in [0.2, 0.25) is 0 Å². The molecule has 2 amide bonds. The van der Waals surface area contributed by atoms with E-state index in [-0.39, 0.29) is 31.0 Å². The van der Waals surface area contributed by atoms with Crippen LogP contribution in [0.5, 0.6) is 0 Å². The minimum Gasteiger partial charge on any atom is -0.481 e. The molecule has 1 aliphatic heterocycles. The molecule has 36 heavy (non-hydrogen) atoms. The SMILES string of the molecule is CC(C)(C)OC(=O)NC(CC(=O)O)C1CCN(C(=O)OCC2c3ccccc3-c3ccccc32)CC1. The van der Waals surface area contributed by atoms with Crippen molar-refractivity contribution < 1.29 is 29.0 Å². The molecule has 0 aromatic heterocycles. The van der Waals surface area contributed by atoms with Crippen LogP contribution in [0.4, 0.5) is 9.59 Å². The maximum atomic E-state index is 12.9. The second kappa shape index (κ2) is 10.6. The van der Waals surface area contributed by atoms with Gasteiger partial charge in [-0.2, -0.15) is 0 Å². The van der Waals surface area contributed by atoms with Crippen LogP contribution in [0.15, 0.2) is 48.5 Å². The molecule has 0 radical (unpaired) electrons. The van der Waals surface area contributed by atoms with Crippen LogP contribution in [0.1, 0.15) is 57.1 Å². The zero-order chi connectivity index (χ0) is 25.9. The van der Waals surface area contributed by atoms with E-state index < -0.39 is 23.7 Å². The molecule has 192 valence electrons. The van der Waals surface area contributed by atoms with E-state index in [2.05, 4.69) is 29.6 Å². The highest BCUT2D eigenvalue weighted by molar-refractivity contribution is 5.79. The molecule has 1 aliphatic carbocycles. The molecule has 8 heteroatoms. The van der Waals surface area contributed by atoms with Crippen LogP contribution in [0.25, 0.3) is 11.1 Å². The number of benzene rings is 2. The number of rotatable bonds is 6. The number of nitrogens with one attached hydrogen (secondary N) is 1. The normalized spacial score (nSPS) is 16.6. The first-order valence-electron chi connectivity index (χ1n) is 12.4. The van der Waals surface area contributed by atoms with Gasteiger partial charge in [-0.05, 0) is 61.8 Å². The molecule has 2 aromatic carbocycles. The van der Waals surface area contributed by atoms with Gasteiger partial charge in [0, 0.05) is 25.0 Å². The van der Waals surface area contributed by atoms with Gasteiger partial charge in [-0.1, -0.05) is 48.5 Å². The summed E-state index contributed by atoms with van der Waals surface area (Å²) in [6.07, 6.45) is -0.0667. The lowest BCUT2D eigenvalue weighted by molar-refractivity contribution is -0.138. The molecule has 4 rings (SSSR count). The summed E-state index contributed by atoms with van der Waals surface area (Å²) in [6.45, 7) is 6.40. The Bertz CT molecular complexity index is 1070. The summed E-state index contributed by atoms with van der Waals surface area (Å²) < 4.78 is 11.1. The molecular formula is C28H34N2O6. The van der Waals surface area contributed by atoms with E-state index in [1.807, 2.05) is 24.3 Å². The average molecular weight is 495 g/mol. The van der Waals surface area contributed by atoms with Crippen LogP contribution in [-0.2, 0) is 14.3 Å². The molecule has 1 saturated heterocycles. The third-order valence-electron chi connectivity index (χ3n) is 6.80. The van der Waals surface area contributed by atoms with Gasteiger partial charge in [-0.15, -0.1) is 0 Å². The molecule has 1 atom stereocenters. The molecule has 0 spiro atoms. The van der Waals surface area contributed by atoms with Crippen molar-refractivity contribution in [3.63, 3.8) is 0 Å². The number of carboxylic acid groups (broad SMARTS) is 1. The van der Waals surface area contributed by atoms with Crippen molar-refractivity contribution in [1.82, 2.24) is 10.2 Å². The largest absolute Gasteiger partial charge is 0.481 e. The smallest absolute Gasteiger partial charge is 0.409 e. The van der Waals surface area contributed by atoms with Crippen molar-refractivity contribution in [2.24, 2.45) is 5.92 Å². The third-order valence-corrected chi connectivity index (χ3v) is 6.80. The highest BCUT2D eigenvalue weighted by Gasteiger charge is 2.34. The fourth-order valence-electron chi connectivity index (χ4n) is 5.15. The summed E-state index contributed by atoms with van der Waals surface area (Å²) in [5.41, 5.74) is 4.00. The number of likely N-dealkylation sites (tertiary alicyclic amines) is 1. The molecule has 0 saturated carbocycles. The molecule has 2 N–H and O–H groups in total. The molecule has 2 aromatic rings. The van der Waals surface area contributed by atoms with Gasteiger partial charge < -0.3 is 24.8 Å². The maximum absolute atomic E-state index is 12.9. The van der Waals surface area contributed by atoms with Crippen molar-refractivity contribution in [1.29, 1.82) is 0 Å². The van der Waals surface area contributed by atoms with E-state index in [1.54, 1.807) is 25.7 Å². The highest BCUT2D eigenvalue weighted by Crippen LogP contribution is 2.44. The number of carboxylic acids is 1. The van der Waals surface area contributed by atoms with Crippen LogP contribution in [0, 0.1) is 5.92 Å². The lowest BCUT2D eigenvalue weighted by atomic mass is 9.87. The first-order valence-corrected chi connectivity index (χ1v) is 12.4. The lowest BCUT2D eigenvalue weighted by Crippen LogP contribution is -2.48. The van der Waals surface area contributed by atoms with Crippen molar-refractivity contribution in [3.8, 4) is 11.1 Å². The Morgan fingerprint density at radius 2 is 1.56 bits per heavy atom. The van der Waals surface area contributed by atoms with Crippen LogP contribution >= 0.6 is 0 Å². The van der Waals surface area contributed by atoms with E-state index in [0.29, 0.717) is 25.9 Å². The van der Waals surface area contributed by atoms with Gasteiger partial charge >= 0.3 is 18.2 Å². The van der Waals surface area contributed by atoms with E-state index in [0.717, 1.165) is 11.1 Å². The lowest BCUT2D eigenvalue weighted by Gasteiger charge is -2.35. The second-order valence-corrected chi connectivity index (χ2v) is 10.5. The van der Waals surface area contributed by atoms with E-state index >= 15 is 0 Å². The molecular weight excluding hydrogens is 460 g/mol. The number of hydrogen-bond acceptors (Lipinski definition) is 5. The summed E-state index contributed by atoms with van der Waals surface area (Å²) in [5.74, 6) is -1.07. The van der Waals surface area contributed by atoms with Crippen LogP contribution in [0.2, 0.25) is 0 Å². The maximum Gasteiger partial charge on any atom is 0.409 e. The number of amides is 2. The minimum absolute atomic E-state index is 0.00290. The second-order valence-electron chi connectivity index (χ2n) is 10.5. The van der Waals surface area contributed by atoms with E-state index in [9.17, 15) is 19.5 Å². The number of alkyl carbamates (subject to hydrolysis) is 1. The Labute approximate surface area is 211 Å². The molecule has 1 unspecified atom stereocenters. The Balaban J connectivity index is 1.33. The quantitative estimate of drug-likeness (QED) is 0.585. The summed E-state index contributed by atoms with van der Waals surface area (Å²) in [6, 6.07) is 15.8. The van der Waals surface area contributed by atoms with Gasteiger partial charge in [-0.3, -0.25) is 4.79 Å². The topological polar surface area (TPSA) is 105 Å². The molecule has 2 aliphatic rings. The van der Waals surface area contributed by atoms with Crippen LogP contribution in [0.3, 0.4) is 0 Å². The first kappa shape index (κ1) is 25.5. The van der Waals surface area contributed by atoms with Gasteiger partial charge in [0.15, 0.2) is 0 Å². The average Bonchev–Trinajstić information content (AvgIpc) is 3.14. The predicted octanol–water partition coefficient (Wildman–Crippen LogP) is 5.02. The van der Waals surface area contributed by atoms with Gasteiger partial charge in [0.05, 0.1) is 6.42 Å². The molecule has 0 bridgehead atoms. The Morgan fingerprint density at radius 3 is 2.08 bits per heavy atom. The number of hydrogen-bond donors (Lipinski definition) is 2. The summed E-state index contributed by atoms with van der Waals surface area (Å²) in [5, 5.41) is 12.1. The van der Waals surface area contributed by atoms with Crippen molar-refractivity contribution in [2.45, 2.75) is 57.6 Å². The third kappa shape index (κ3) is 5.98. The van der Waals surface area contributed by atoms with E-state index in [1.165, 1.54) is 11.1 Å². The fraction of sp³-hybridized carbons (Fsp3) is 0.464. The number of nitrogens with zero attached hydrogens (tertiary/aromatic N) is 1. The summed E-state index contributed by atoms with van der Waals surface area (Å²) in [4.78, 5) is 38.2. The number of ether oxygens (including phenoxy) is 2. The van der Waals surface area contributed by atoms with Gasteiger partial charge in [0.25, 0.3) is 0 Å². The Kier molecular flexibility index (Phi) is 7.52. The van der Waals surface area contributed by atoms with Crippen molar-refractivity contribution >= 4 is 18.2 Å². The summed E-state index contributed by atoms with van der Waals surface area (Å²) >= 11 is 0. The van der Waals surface area contributed by atoms with Gasteiger partial charge in [0.1, 0.15) is 12.2 Å². The number of carbonyl (C=O) groups is 3. The predicted molar refractivity (Wildman–Crippen MR) is 135 cm³/mol. The number of carbonyl (C=O) groups excluding carboxylic acids is 2. The molecule has 1 fully saturated rings. The first-order chi connectivity index (χ1) is 17.1. The molecule has 8 nitrogen and oxygen atoms in total. The number of fused-ring (bicyclic) bond motifs is 3. The van der Waals surface area contributed by atoms with E-state index in [4.69, 9.17) is 9.47 Å². The Morgan fingerprint density at radius 1 is 1.00 bits per heavy atom. The monoisotopic (exact) mass is 494 g/mol. The standard InChI is InChI=1S/C28H34N2O6/c1-28(2,3)36-26(33)29-24(16-25(31)32)18-12-14-30(15-13-18)27(34)35-17-23-21-10-6-4-8-19(21)20-9-5-7-11-22(20)23/h4-11,18,23-24H,12-17H2,1-3H3,(H,29,33)(H,31,32).